The molecule has 0 N–H and O–H groups in total. The number of carbonyl (C=O) groups is 1. The number of thioether (sulfide) groups is 1. The normalized spacial score (nSPS) is 10.8. The van der Waals surface area contributed by atoms with Crippen LogP contribution in [0.1, 0.15) is 42.3 Å². The van der Waals surface area contributed by atoms with E-state index in [1.165, 1.54) is 0 Å². The summed E-state index contributed by atoms with van der Waals surface area (Å²) < 4.78 is 5.48. The largest absolute Gasteiger partial charge is 0.494 e. The predicted molar refractivity (Wildman–Crippen MR) is 79.0 cm³/mol. The number of benzene rings is 1. The fraction of sp³-hybridized carbons (Fsp3) is 0.533. The molecule has 0 saturated heterocycles. The molecule has 0 saturated carbocycles. The van der Waals surface area contributed by atoms with Gasteiger partial charge in [-0.15, -0.1) is 0 Å². The van der Waals surface area contributed by atoms with Crippen LogP contribution < -0.4 is 4.74 Å². The Balaban J connectivity index is 2.92. The van der Waals surface area contributed by atoms with Crippen LogP contribution in [0.5, 0.6) is 5.75 Å². The van der Waals surface area contributed by atoms with Gasteiger partial charge in [-0.3, -0.25) is 4.79 Å². The lowest BCUT2D eigenvalue weighted by Gasteiger charge is -2.12. The Morgan fingerprint density at radius 3 is 2.28 bits per heavy atom. The highest BCUT2D eigenvalue weighted by Gasteiger charge is 2.14. The molecule has 1 rings (SSSR count). The zero-order valence-corrected chi connectivity index (χ0v) is 12.7. The molecule has 2 nitrogen and oxygen atoms in total. The Bertz CT molecular complexity index is 401. The van der Waals surface area contributed by atoms with Crippen LogP contribution in [-0.2, 0) is 0 Å². The third kappa shape index (κ3) is 4.05. The van der Waals surface area contributed by atoms with Crippen LogP contribution in [-0.4, -0.2) is 23.4 Å². The second-order valence-corrected chi connectivity index (χ2v) is 6.21. The quantitative estimate of drug-likeness (QED) is 0.727. The molecule has 0 aliphatic heterocycles. The Morgan fingerprint density at radius 1 is 1.28 bits per heavy atom. The maximum atomic E-state index is 12.2. The van der Waals surface area contributed by atoms with Gasteiger partial charge in [0, 0.05) is 5.56 Å². The molecule has 100 valence electrons. The first-order chi connectivity index (χ1) is 8.45. The summed E-state index contributed by atoms with van der Waals surface area (Å²) in [4.78, 5) is 12.2. The molecule has 0 aromatic heterocycles. The van der Waals surface area contributed by atoms with Gasteiger partial charge < -0.3 is 4.74 Å². The Hall–Kier alpha value is -0.960. The van der Waals surface area contributed by atoms with Gasteiger partial charge in [-0.25, -0.2) is 0 Å². The zero-order valence-electron chi connectivity index (χ0n) is 11.9. The summed E-state index contributed by atoms with van der Waals surface area (Å²) in [6.45, 7) is 10.8. The number of ether oxygens (including phenoxy) is 1. The fourth-order valence-electron chi connectivity index (χ4n) is 1.93. The van der Waals surface area contributed by atoms with Crippen molar-refractivity contribution in [3.05, 3.63) is 28.8 Å². The van der Waals surface area contributed by atoms with E-state index >= 15 is 0 Å². The predicted octanol–water partition coefficient (Wildman–Crippen LogP) is 4.03. The van der Waals surface area contributed by atoms with Crippen molar-refractivity contribution in [1.29, 1.82) is 0 Å². The summed E-state index contributed by atoms with van der Waals surface area (Å²) in [5.41, 5.74) is 2.87. The lowest BCUT2D eigenvalue weighted by atomic mass is 9.99. The average molecular weight is 266 g/mol. The van der Waals surface area contributed by atoms with Gasteiger partial charge >= 0.3 is 0 Å². The van der Waals surface area contributed by atoms with Gasteiger partial charge in [0.05, 0.1) is 12.4 Å². The molecule has 0 spiro atoms. The first-order valence-electron chi connectivity index (χ1n) is 6.34. The van der Waals surface area contributed by atoms with E-state index in [-0.39, 0.29) is 5.78 Å². The van der Waals surface area contributed by atoms with Crippen molar-refractivity contribution in [2.24, 2.45) is 0 Å². The third-order valence-corrected chi connectivity index (χ3v) is 3.74. The fourth-order valence-corrected chi connectivity index (χ4v) is 2.56. The zero-order chi connectivity index (χ0) is 13.7. The van der Waals surface area contributed by atoms with Crippen molar-refractivity contribution in [3.8, 4) is 5.75 Å². The minimum atomic E-state index is 0.215. The summed E-state index contributed by atoms with van der Waals surface area (Å²) in [6, 6.07) is 3.90. The van der Waals surface area contributed by atoms with Crippen LogP contribution in [0.2, 0.25) is 0 Å². The molecule has 0 unspecified atom stereocenters. The number of ketones is 1. The molecule has 0 aliphatic carbocycles. The molecule has 0 fully saturated rings. The maximum absolute atomic E-state index is 12.2. The van der Waals surface area contributed by atoms with E-state index in [4.69, 9.17) is 4.74 Å². The molecule has 0 atom stereocenters. The molecule has 1 aromatic carbocycles. The standard InChI is InChI=1S/C15H22O2S/c1-6-17-13-7-11(4)15(12(5)8-13)14(16)9-18-10(2)3/h7-8,10H,6,9H2,1-5H3. The smallest absolute Gasteiger partial charge is 0.173 e. The van der Waals surface area contributed by atoms with Crippen LogP contribution in [0.3, 0.4) is 0 Å². The van der Waals surface area contributed by atoms with E-state index in [1.807, 2.05) is 32.9 Å². The Labute approximate surface area is 114 Å². The van der Waals surface area contributed by atoms with Gasteiger partial charge in [-0.1, -0.05) is 13.8 Å². The maximum Gasteiger partial charge on any atom is 0.173 e. The monoisotopic (exact) mass is 266 g/mol. The number of Topliss-reactive ketones (excluding diaryl/α,β-unsaturated/α-hetero) is 1. The van der Waals surface area contributed by atoms with Gasteiger partial charge in [-0.05, 0) is 49.3 Å². The van der Waals surface area contributed by atoms with E-state index < -0.39 is 0 Å². The molecule has 0 heterocycles. The highest BCUT2D eigenvalue weighted by Crippen LogP contribution is 2.24. The molecule has 3 heteroatoms. The second kappa shape index (κ2) is 6.83. The number of rotatable bonds is 6. The van der Waals surface area contributed by atoms with Gasteiger partial charge in [0.25, 0.3) is 0 Å². The molecule has 0 aliphatic rings. The molecular formula is C15H22O2S. The van der Waals surface area contributed by atoms with Crippen LogP contribution in [0.15, 0.2) is 12.1 Å². The van der Waals surface area contributed by atoms with Crippen molar-refractivity contribution in [2.75, 3.05) is 12.4 Å². The number of carbonyl (C=O) groups excluding carboxylic acids is 1. The summed E-state index contributed by atoms with van der Waals surface area (Å²) in [7, 11) is 0. The van der Waals surface area contributed by atoms with E-state index in [0.717, 1.165) is 22.4 Å². The average Bonchev–Trinajstić information content (AvgIpc) is 2.25. The number of aryl methyl sites for hydroxylation is 2. The molecule has 0 bridgehead atoms. The second-order valence-electron chi connectivity index (χ2n) is 4.65. The van der Waals surface area contributed by atoms with Crippen molar-refractivity contribution in [2.45, 2.75) is 39.9 Å². The molecule has 0 radical (unpaired) electrons. The molecule has 18 heavy (non-hydrogen) atoms. The van der Waals surface area contributed by atoms with Crippen molar-refractivity contribution >= 4 is 17.5 Å². The van der Waals surface area contributed by atoms with E-state index in [9.17, 15) is 4.79 Å². The first kappa shape index (κ1) is 15.1. The van der Waals surface area contributed by atoms with Gasteiger partial charge in [0.1, 0.15) is 5.75 Å². The van der Waals surface area contributed by atoms with Gasteiger partial charge in [0.2, 0.25) is 0 Å². The molecule has 0 amide bonds. The summed E-state index contributed by atoms with van der Waals surface area (Å²) >= 11 is 1.69. The minimum Gasteiger partial charge on any atom is -0.494 e. The van der Waals surface area contributed by atoms with Crippen LogP contribution in [0.4, 0.5) is 0 Å². The van der Waals surface area contributed by atoms with E-state index in [0.29, 0.717) is 17.6 Å². The SMILES string of the molecule is CCOc1cc(C)c(C(=O)CSC(C)C)c(C)c1. The molecular weight excluding hydrogens is 244 g/mol. The van der Waals surface area contributed by atoms with Crippen molar-refractivity contribution < 1.29 is 9.53 Å². The van der Waals surface area contributed by atoms with Crippen molar-refractivity contribution in [1.82, 2.24) is 0 Å². The van der Waals surface area contributed by atoms with Gasteiger partial charge in [-0.2, -0.15) is 11.8 Å². The van der Waals surface area contributed by atoms with Crippen LogP contribution in [0, 0.1) is 13.8 Å². The van der Waals surface area contributed by atoms with E-state index in [2.05, 4.69) is 13.8 Å². The van der Waals surface area contributed by atoms with Crippen molar-refractivity contribution in [3.63, 3.8) is 0 Å². The first-order valence-corrected chi connectivity index (χ1v) is 7.39. The molecule has 1 aromatic rings. The highest BCUT2D eigenvalue weighted by molar-refractivity contribution is 8.00. The van der Waals surface area contributed by atoms with Crippen LogP contribution in [0.25, 0.3) is 0 Å². The Kier molecular flexibility index (Phi) is 5.73. The summed E-state index contributed by atoms with van der Waals surface area (Å²) in [5, 5.41) is 0.484. The minimum absolute atomic E-state index is 0.215. The van der Waals surface area contributed by atoms with Crippen LogP contribution >= 0.6 is 11.8 Å². The third-order valence-electron chi connectivity index (χ3n) is 2.64. The lowest BCUT2D eigenvalue weighted by molar-refractivity contribution is 0.102. The summed E-state index contributed by atoms with van der Waals surface area (Å²) in [6.07, 6.45) is 0. The number of hydrogen-bond donors (Lipinski definition) is 0. The van der Waals surface area contributed by atoms with Gasteiger partial charge in [0.15, 0.2) is 5.78 Å². The highest BCUT2D eigenvalue weighted by atomic mass is 32.2. The summed E-state index contributed by atoms with van der Waals surface area (Å²) in [5.74, 6) is 1.61. The number of hydrogen-bond acceptors (Lipinski definition) is 3. The Morgan fingerprint density at radius 2 is 1.83 bits per heavy atom. The van der Waals surface area contributed by atoms with E-state index in [1.54, 1.807) is 11.8 Å². The topological polar surface area (TPSA) is 26.3 Å². The lowest BCUT2D eigenvalue weighted by Crippen LogP contribution is -2.09.